The Bertz CT molecular complexity index is 465. The summed E-state index contributed by atoms with van der Waals surface area (Å²) in [5.41, 5.74) is 1.01. The molecule has 1 aromatic heterocycles. The highest BCUT2D eigenvalue weighted by Gasteiger charge is 2.41. The average molecular weight is 289 g/mol. The molecule has 1 aromatic rings. The molecule has 0 spiro atoms. The molecule has 1 saturated carbocycles. The first-order chi connectivity index (χ1) is 8.07. The SMILES string of the molecule is C.CC1(Nc2nc(Cl)nc3c2[S+](O)CC3)CCC1. The first-order valence-electron chi connectivity index (χ1n) is 5.82. The number of hydrogen-bond acceptors (Lipinski definition) is 4. The highest BCUT2D eigenvalue weighted by atomic mass is 35.5. The molecule has 0 amide bonds. The second-order valence-electron chi connectivity index (χ2n) is 4.98. The molecule has 18 heavy (non-hydrogen) atoms. The van der Waals surface area contributed by atoms with Crippen LogP contribution in [0.2, 0.25) is 5.28 Å². The molecule has 0 radical (unpaired) electrons. The van der Waals surface area contributed by atoms with E-state index in [0.717, 1.165) is 41.4 Å². The summed E-state index contributed by atoms with van der Waals surface area (Å²) in [6, 6.07) is 0. The second-order valence-corrected chi connectivity index (χ2v) is 6.86. The molecular formula is C12H19ClN3OS+. The summed E-state index contributed by atoms with van der Waals surface area (Å²) in [5.74, 6) is 1.49. The predicted molar refractivity (Wildman–Crippen MR) is 76.5 cm³/mol. The van der Waals surface area contributed by atoms with Crippen LogP contribution in [0.5, 0.6) is 0 Å². The van der Waals surface area contributed by atoms with Gasteiger partial charge in [-0.1, -0.05) is 7.43 Å². The van der Waals surface area contributed by atoms with Crippen molar-refractivity contribution in [2.24, 2.45) is 0 Å². The number of halogens is 1. The van der Waals surface area contributed by atoms with Crippen molar-refractivity contribution >= 4 is 28.6 Å². The van der Waals surface area contributed by atoms with Gasteiger partial charge < -0.3 is 5.32 Å². The number of aryl methyl sites for hydroxylation is 1. The Morgan fingerprint density at radius 2 is 2.11 bits per heavy atom. The molecule has 0 aromatic carbocycles. The normalized spacial score (nSPS) is 23.8. The summed E-state index contributed by atoms with van der Waals surface area (Å²) in [5, 5.41) is 3.71. The van der Waals surface area contributed by atoms with Crippen LogP contribution in [0, 0.1) is 0 Å². The van der Waals surface area contributed by atoms with Crippen LogP contribution in [-0.2, 0) is 17.6 Å². The number of hydrogen-bond donors (Lipinski definition) is 2. The molecule has 1 unspecified atom stereocenters. The molecule has 4 nitrogen and oxygen atoms in total. The van der Waals surface area contributed by atoms with E-state index in [-0.39, 0.29) is 18.2 Å². The van der Waals surface area contributed by atoms with Gasteiger partial charge in [0, 0.05) is 12.0 Å². The van der Waals surface area contributed by atoms with Crippen LogP contribution in [0.4, 0.5) is 5.82 Å². The van der Waals surface area contributed by atoms with Crippen molar-refractivity contribution in [1.82, 2.24) is 9.97 Å². The van der Waals surface area contributed by atoms with E-state index in [4.69, 9.17) is 11.6 Å². The monoisotopic (exact) mass is 288 g/mol. The fourth-order valence-corrected chi connectivity index (χ4v) is 3.90. The minimum Gasteiger partial charge on any atom is -0.360 e. The number of fused-ring (bicyclic) bond motifs is 1. The largest absolute Gasteiger partial charge is 0.360 e. The van der Waals surface area contributed by atoms with Gasteiger partial charge >= 0.3 is 0 Å². The third-order valence-corrected chi connectivity index (χ3v) is 5.21. The third kappa shape index (κ3) is 2.31. The van der Waals surface area contributed by atoms with Gasteiger partial charge in [0.05, 0.1) is 0 Å². The Labute approximate surface area is 116 Å². The van der Waals surface area contributed by atoms with Crippen LogP contribution in [0.15, 0.2) is 4.90 Å². The van der Waals surface area contributed by atoms with E-state index in [1.54, 1.807) is 0 Å². The summed E-state index contributed by atoms with van der Waals surface area (Å²) < 4.78 is 10.0. The van der Waals surface area contributed by atoms with Crippen molar-refractivity contribution in [2.75, 3.05) is 11.1 Å². The van der Waals surface area contributed by atoms with E-state index < -0.39 is 11.2 Å². The predicted octanol–water partition coefficient (Wildman–Crippen LogP) is 3.13. The molecule has 1 fully saturated rings. The molecule has 6 heteroatoms. The van der Waals surface area contributed by atoms with Gasteiger partial charge in [-0.2, -0.15) is 9.54 Å². The van der Waals surface area contributed by atoms with Gasteiger partial charge in [0.25, 0.3) is 4.90 Å². The van der Waals surface area contributed by atoms with Gasteiger partial charge in [0.1, 0.15) is 5.69 Å². The zero-order valence-corrected chi connectivity index (χ0v) is 11.2. The lowest BCUT2D eigenvalue weighted by Crippen LogP contribution is -2.42. The zero-order valence-electron chi connectivity index (χ0n) is 9.66. The molecule has 3 rings (SSSR count). The molecule has 2 heterocycles. The summed E-state index contributed by atoms with van der Waals surface area (Å²) in [6.45, 7) is 2.18. The van der Waals surface area contributed by atoms with E-state index in [9.17, 15) is 4.55 Å². The maximum absolute atomic E-state index is 10.0. The van der Waals surface area contributed by atoms with E-state index in [0.29, 0.717) is 0 Å². The first-order valence-corrected chi connectivity index (χ1v) is 7.55. The summed E-state index contributed by atoms with van der Waals surface area (Å²) in [7, 11) is 0. The Morgan fingerprint density at radius 1 is 1.39 bits per heavy atom. The number of rotatable bonds is 2. The van der Waals surface area contributed by atoms with E-state index in [2.05, 4.69) is 22.2 Å². The van der Waals surface area contributed by atoms with Gasteiger partial charge in [-0.3, -0.25) is 0 Å². The quantitative estimate of drug-likeness (QED) is 0.648. The fourth-order valence-electron chi connectivity index (χ4n) is 2.38. The maximum atomic E-state index is 10.0. The number of anilines is 1. The Morgan fingerprint density at radius 3 is 2.72 bits per heavy atom. The molecule has 100 valence electrons. The smallest absolute Gasteiger partial charge is 0.253 e. The lowest BCUT2D eigenvalue weighted by molar-refractivity contribution is 0.305. The molecular weight excluding hydrogens is 270 g/mol. The van der Waals surface area contributed by atoms with Gasteiger partial charge in [0.15, 0.2) is 22.7 Å². The van der Waals surface area contributed by atoms with Gasteiger partial charge in [-0.15, -0.1) is 0 Å². The zero-order chi connectivity index (χ0) is 12.0. The number of nitrogens with one attached hydrogen (secondary N) is 1. The van der Waals surface area contributed by atoms with Crippen molar-refractivity contribution in [2.45, 2.75) is 50.5 Å². The fraction of sp³-hybridized carbons (Fsp3) is 0.667. The van der Waals surface area contributed by atoms with Gasteiger partial charge in [0.2, 0.25) is 5.28 Å². The Balaban J connectivity index is 0.00000120. The van der Waals surface area contributed by atoms with Crippen LogP contribution in [-0.4, -0.2) is 25.8 Å². The maximum Gasteiger partial charge on any atom is 0.253 e. The Kier molecular flexibility index (Phi) is 3.76. The third-order valence-electron chi connectivity index (χ3n) is 3.55. The van der Waals surface area contributed by atoms with Crippen molar-refractivity contribution in [1.29, 1.82) is 0 Å². The highest BCUT2D eigenvalue weighted by Crippen LogP contribution is 2.38. The highest BCUT2D eigenvalue weighted by molar-refractivity contribution is 7.92. The van der Waals surface area contributed by atoms with Gasteiger partial charge in [-0.25, -0.2) is 4.98 Å². The molecule has 2 aliphatic rings. The molecule has 1 aliphatic carbocycles. The van der Waals surface area contributed by atoms with Crippen molar-refractivity contribution < 1.29 is 4.55 Å². The van der Waals surface area contributed by atoms with E-state index in [1.807, 2.05) is 0 Å². The van der Waals surface area contributed by atoms with Crippen LogP contribution in [0.25, 0.3) is 0 Å². The van der Waals surface area contributed by atoms with Crippen molar-refractivity contribution in [3.8, 4) is 0 Å². The molecule has 0 bridgehead atoms. The molecule has 1 aliphatic heterocycles. The van der Waals surface area contributed by atoms with Crippen LogP contribution in [0.3, 0.4) is 0 Å². The summed E-state index contributed by atoms with van der Waals surface area (Å²) in [4.78, 5) is 9.33. The topological polar surface area (TPSA) is 58.0 Å². The second kappa shape index (κ2) is 4.87. The van der Waals surface area contributed by atoms with E-state index >= 15 is 0 Å². The molecule has 1 atom stereocenters. The number of aromatic nitrogens is 2. The molecule has 2 N–H and O–H groups in total. The molecule has 0 saturated heterocycles. The standard InChI is InChI=1S/C11H15ClN3OS.CH4/c1-11(4-2-5-11)15-9-8-7(3-6-17(8)16)13-10(12)14-9;/h16H,2-6H2,1H3,(H,13,14,15);1H4/q+1;. The minimum atomic E-state index is -0.726. The van der Waals surface area contributed by atoms with E-state index in [1.165, 1.54) is 6.42 Å². The van der Waals surface area contributed by atoms with Crippen LogP contribution < -0.4 is 5.32 Å². The van der Waals surface area contributed by atoms with Crippen LogP contribution >= 0.6 is 11.6 Å². The van der Waals surface area contributed by atoms with Gasteiger partial charge in [-0.05, 0) is 37.8 Å². The van der Waals surface area contributed by atoms with Crippen molar-refractivity contribution in [3.63, 3.8) is 0 Å². The lowest BCUT2D eigenvalue weighted by atomic mass is 9.78. The number of nitrogens with zero attached hydrogens (tertiary/aromatic N) is 2. The van der Waals surface area contributed by atoms with Crippen molar-refractivity contribution in [3.05, 3.63) is 11.0 Å². The minimum absolute atomic E-state index is 0. The lowest BCUT2D eigenvalue weighted by Gasteiger charge is -2.39. The van der Waals surface area contributed by atoms with Crippen LogP contribution in [0.1, 0.15) is 39.3 Å². The Hall–Kier alpha value is -0.520. The summed E-state index contributed by atoms with van der Waals surface area (Å²) >= 11 is 5.20. The summed E-state index contributed by atoms with van der Waals surface area (Å²) in [6.07, 6.45) is 4.32. The average Bonchev–Trinajstić information content (AvgIpc) is 2.58. The first kappa shape index (κ1) is 13.9.